The Morgan fingerprint density at radius 2 is 2.00 bits per heavy atom. The third-order valence-electron chi connectivity index (χ3n) is 2.57. The van der Waals surface area contributed by atoms with Crippen LogP contribution >= 0.6 is 22.9 Å². The van der Waals surface area contributed by atoms with Crippen molar-refractivity contribution in [2.45, 2.75) is 0 Å². The van der Waals surface area contributed by atoms with Crippen molar-refractivity contribution >= 4 is 38.8 Å². The van der Waals surface area contributed by atoms with Crippen LogP contribution in [0.25, 0.3) is 20.8 Å². The maximum absolute atomic E-state index is 13.7. The number of anilines is 1. The average molecular weight is 279 g/mol. The number of rotatable bonds is 1. The summed E-state index contributed by atoms with van der Waals surface area (Å²) in [4.78, 5) is 4.39. The highest BCUT2D eigenvalue weighted by atomic mass is 35.5. The summed E-state index contributed by atoms with van der Waals surface area (Å²) in [5, 5.41) is 1.10. The molecule has 0 bridgehead atoms. The molecule has 0 spiro atoms. The second kappa shape index (κ2) is 4.23. The van der Waals surface area contributed by atoms with Crippen LogP contribution in [0.5, 0.6) is 0 Å². The van der Waals surface area contributed by atoms with Gasteiger partial charge in [-0.05, 0) is 36.4 Å². The molecule has 2 aromatic carbocycles. The van der Waals surface area contributed by atoms with Gasteiger partial charge in [-0.1, -0.05) is 11.6 Å². The van der Waals surface area contributed by atoms with Crippen LogP contribution in [-0.2, 0) is 0 Å². The molecule has 0 atom stereocenters. The zero-order chi connectivity index (χ0) is 12.7. The Labute approximate surface area is 112 Å². The molecule has 1 heterocycles. The topological polar surface area (TPSA) is 38.9 Å². The molecule has 0 unspecified atom stereocenters. The third-order valence-corrected chi connectivity index (χ3v) is 3.86. The van der Waals surface area contributed by atoms with E-state index >= 15 is 0 Å². The van der Waals surface area contributed by atoms with Crippen LogP contribution in [0.15, 0.2) is 36.4 Å². The zero-order valence-corrected chi connectivity index (χ0v) is 10.7. The standard InChI is InChI=1S/C13H8ClFN2S/c14-7-1-3-10(15)9(5-7)13-17-11-4-2-8(16)6-12(11)18-13/h1-6H,16H2. The number of hydrogen-bond acceptors (Lipinski definition) is 3. The first-order valence-corrected chi connectivity index (χ1v) is 6.44. The van der Waals surface area contributed by atoms with Gasteiger partial charge in [-0.3, -0.25) is 0 Å². The summed E-state index contributed by atoms with van der Waals surface area (Å²) < 4.78 is 14.7. The molecule has 1 aromatic heterocycles. The van der Waals surface area contributed by atoms with E-state index in [4.69, 9.17) is 17.3 Å². The molecule has 0 aliphatic heterocycles. The Kier molecular flexibility index (Phi) is 2.69. The summed E-state index contributed by atoms with van der Waals surface area (Å²) >= 11 is 7.28. The summed E-state index contributed by atoms with van der Waals surface area (Å²) in [7, 11) is 0. The molecule has 3 rings (SSSR count). The molecule has 0 radical (unpaired) electrons. The Hall–Kier alpha value is -1.65. The monoisotopic (exact) mass is 278 g/mol. The summed E-state index contributed by atoms with van der Waals surface area (Å²) in [6.45, 7) is 0. The predicted molar refractivity (Wildman–Crippen MR) is 74.4 cm³/mol. The van der Waals surface area contributed by atoms with E-state index in [1.807, 2.05) is 12.1 Å². The number of hydrogen-bond donors (Lipinski definition) is 1. The summed E-state index contributed by atoms with van der Waals surface area (Å²) in [5.41, 5.74) is 7.61. The fourth-order valence-electron chi connectivity index (χ4n) is 1.72. The van der Waals surface area contributed by atoms with E-state index in [2.05, 4.69) is 4.98 Å². The molecule has 5 heteroatoms. The van der Waals surface area contributed by atoms with E-state index in [0.29, 0.717) is 21.3 Å². The number of halogens is 2. The first-order chi connectivity index (χ1) is 8.63. The van der Waals surface area contributed by atoms with E-state index in [-0.39, 0.29) is 5.82 Å². The first kappa shape index (κ1) is 11.4. The third kappa shape index (κ3) is 1.94. The van der Waals surface area contributed by atoms with Crippen molar-refractivity contribution in [1.82, 2.24) is 4.98 Å². The second-order valence-corrected chi connectivity index (χ2v) is 5.34. The maximum atomic E-state index is 13.7. The molecule has 0 amide bonds. The minimum absolute atomic E-state index is 0.327. The SMILES string of the molecule is Nc1ccc2nc(-c3cc(Cl)ccc3F)sc2c1. The van der Waals surface area contributed by atoms with E-state index in [1.165, 1.54) is 23.5 Å². The number of nitrogens with two attached hydrogens (primary N) is 1. The molecule has 2 N–H and O–H groups in total. The van der Waals surface area contributed by atoms with Crippen LogP contribution in [0.3, 0.4) is 0 Å². The van der Waals surface area contributed by atoms with Gasteiger partial charge >= 0.3 is 0 Å². The van der Waals surface area contributed by atoms with E-state index in [9.17, 15) is 4.39 Å². The molecule has 90 valence electrons. The second-order valence-electron chi connectivity index (χ2n) is 3.87. The van der Waals surface area contributed by atoms with Gasteiger partial charge in [-0.2, -0.15) is 0 Å². The number of fused-ring (bicyclic) bond motifs is 1. The van der Waals surface area contributed by atoms with Gasteiger partial charge in [-0.25, -0.2) is 9.37 Å². The summed E-state index contributed by atoms with van der Waals surface area (Å²) in [6.07, 6.45) is 0. The highest BCUT2D eigenvalue weighted by molar-refractivity contribution is 7.21. The number of nitrogen functional groups attached to an aromatic ring is 1. The Bertz CT molecular complexity index is 739. The van der Waals surface area contributed by atoms with Crippen LogP contribution in [0, 0.1) is 5.82 Å². The van der Waals surface area contributed by atoms with Crippen LogP contribution in [0.1, 0.15) is 0 Å². The molecular weight excluding hydrogens is 271 g/mol. The molecule has 0 aliphatic rings. The van der Waals surface area contributed by atoms with Crippen LogP contribution in [0.2, 0.25) is 5.02 Å². The molecule has 18 heavy (non-hydrogen) atoms. The molecule has 3 aromatic rings. The van der Waals surface area contributed by atoms with Crippen molar-refractivity contribution in [1.29, 1.82) is 0 Å². The van der Waals surface area contributed by atoms with Gasteiger partial charge in [0.05, 0.1) is 10.2 Å². The largest absolute Gasteiger partial charge is 0.399 e. The highest BCUT2D eigenvalue weighted by Gasteiger charge is 2.11. The fraction of sp³-hybridized carbons (Fsp3) is 0. The number of thiazole rings is 1. The molecule has 2 nitrogen and oxygen atoms in total. The summed E-state index contributed by atoms with van der Waals surface area (Å²) in [5.74, 6) is -0.327. The van der Waals surface area contributed by atoms with Crippen molar-refractivity contribution in [3.05, 3.63) is 47.2 Å². The van der Waals surface area contributed by atoms with Crippen LogP contribution < -0.4 is 5.73 Å². The molecule has 0 aliphatic carbocycles. The van der Waals surface area contributed by atoms with Crippen molar-refractivity contribution in [3.63, 3.8) is 0 Å². The van der Waals surface area contributed by atoms with Crippen molar-refractivity contribution in [3.8, 4) is 10.6 Å². The predicted octanol–water partition coefficient (Wildman–Crippen LogP) is 4.34. The normalized spacial score (nSPS) is 11.0. The molecular formula is C13H8ClFN2S. The van der Waals surface area contributed by atoms with Crippen molar-refractivity contribution in [2.24, 2.45) is 0 Å². The lowest BCUT2D eigenvalue weighted by Crippen LogP contribution is -1.83. The smallest absolute Gasteiger partial charge is 0.133 e. The minimum Gasteiger partial charge on any atom is -0.399 e. The van der Waals surface area contributed by atoms with E-state index in [0.717, 1.165) is 10.2 Å². The van der Waals surface area contributed by atoms with E-state index in [1.54, 1.807) is 12.1 Å². The minimum atomic E-state index is -0.327. The molecule has 0 saturated carbocycles. The summed E-state index contributed by atoms with van der Waals surface area (Å²) in [6, 6.07) is 9.88. The number of aromatic nitrogens is 1. The highest BCUT2D eigenvalue weighted by Crippen LogP contribution is 2.33. The lowest BCUT2D eigenvalue weighted by Gasteiger charge is -1.98. The van der Waals surface area contributed by atoms with Gasteiger partial charge in [0, 0.05) is 16.3 Å². The Balaban J connectivity index is 2.22. The first-order valence-electron chi connectivity index (χ1n) is 5.25. The van der Waals surface area contributed by atoms with Gasteiger partial charge < -0.3 is 5.73 Å². The van der Waals surface area contributed by atoms with Crippen LogP contribution in [0.4, 0.5) is 10.1 Å². The van der Waals surface area contributed by atoms with Crippen molar-refractivity contribution in [2.75, 3.05) is 5.73 Å². The van der Waals surface area contributed by atoms with Gasteiger partial charge in [-0.15, -0.1) is 11.3 Å². The number of nitrogens with zero attached hydrogens (tertiary/aromatic N) is 1. The van der Waals surface area contributed by atoms with Crippen LogP contribution in [-0.4, -0.2) is 4.98 Å². The lowest BCUT2D eigenvalue weighted by atomic mass is 10.2. The zero-order valence-electron chi connectivity index (χ0n) is 9.15. The lowest BCUT2D eigenvalue weighted by molar-refractivity contribution is 0.631. The van der Waals surface area contributed by atoms with Gasteiger partial charge in [0.1, 0.15) is 10.8 Å². The number of benzene rings is 2. The Morgan fingerprint density at radius 3 is 2.83 bits per heavy atom. The van der Waals surface area contributed by atoms with Gasteiger partial charge in [0.15, 0.2) is 0 Å². The molecule has 0 saturated heterocycles. The van der Waals surface area contributed by atoms with Gasteiger partial charge in [0.25, 0.3) is 0 Å². The average Bonchev–Trinajstić information content (AvgIpc) is 2.74. The van der Waals surface area contributed by atoms with Gasteiger partial charge in [0.2, 0.25) is 0 Å². The molecule has 0 fully saturated rings. The maximum Gasteiger partial charge on any atom is 0.133 e. The van der Waals surface area contributed by atoms with Crippen molar-refractivity contribution < 1.29 is 4.39 Å². The van der Waals surface area contributed by atoms with E-state index < -0.39 is 0 Å². The quantitative estimate of drug-likeness (QED) is 0.673. The fourth-order valence-corrected chi connectivity index (χ4v) is 2.92. The Morgan fingerprint density at radius 1 is 1.17 bits per heavy atom.